The van der Waals surface area contributed by atoms with Gasteiger partial charge in [0.1, 0.15) is 5.82 Å². The Labute approximate surface area is 154 Å². The molecule has 0 atom stereocenters. The number of nitrogens with one attached hydrogen (secondary N) is 1. The van der Waals surface area contributed by atoms with E-state index < -0.39 is 5.41 Å². The van der Waals surface area contributed by atoms with E-state index in [0.29, 0.717) is 12.8 Å². The smallest absolute Gasteiger partial charge is 0.317 e. The van der Waals surface area contributed by atoms with Crippen molar-refractivity contribution < 1.29 is 18.7 Å². The van der Waals surface area contributed by atoms with Gasteiger partial charge in [0.15, 0.2) is 6.61 Å². The van der Waals surface area contributed by atoms with E-state index in [1.807, 2.05) is 0 Å². The number of hydrogen-bond acceptors (Lipinski definition) is 3. The minimum Gasteiger partial charge on any atom is -0.455 e. The second-order valence-corrected chi connectivity index (χ2v) is 7.63. The monoisotopic (exact) mass is 361 g/mol. The minimum atomic E-state index is -0.740. The Bertz CT molecular complexity index is 615. The Morgan fingerprint density at radius 3 is 2.23 bits per heavy atom. The first-order chi connectivity index (χ1) is 12.6. The Morgan fingerprint density at radius 2 is 1.62 bits per heavy atom. The molecule has 0 radical (unpaired) electrons. The number of amides is 1. The number of halogens is 1. The van der Waals surface area contributed by atoms with E-state index in [1.54, 1.807) is 12.1 Å². The van der Waals surface area contributed by atoms with Crippen LogP contribution in [0.4, 0.5) is 4.39 Å². The second-order valence-electron chi connectivity index (χ2n) is 7.63. The van der Waals surface area contributed by atoms with Crippen LogP contribution in [-0.4, -0.2) is 24.5 Å². The molecule has 5 heteroatoms. The van der Waals surface area contributed by atoms with Gasteiger partial charge in [-0.25, -0.2) is 4.39 Å². The molecule has 0 spiro atoms. The lowest BCUT2D eigenvalue weighted by molar-refractivity contribution is -0.154. The number of carbonyl (C=O) groups is 2. The Kier molecular flexibility index (Phi) is 6.28. The fraction of sp³-hybridized carbons (Fsp3) is 0.619. The van der Waals surface area contributed by atoms with Crippen LogP contribution < -0.4 is 5.32 Å². The highest BCUT2D eigenvalue weighted by molar-refractivity contribution is 5.86. The molecule has 1 aromatic rings. The maximum absolute atomic E-state index is 13.2. The van der Waals surface area contributed by atoms with Gasteiger partial charge in [-0.15, -0.1) is 0 Å². The first kappa shape index (κ1) is 18.9. The van der Waals surface area contributed by atoms with Crippen molar-refractivity contribution >= 4 is 11.9 Å². The predicted molar refractivity (Wildman–Crippen MR) is 97.1 cm³/mol. The third-order valence-electron chi connectivity index (χ3n) is 5.80. The van der Waals surface area contributed by atoms with Crippen LogP contribution in [0.3, 0.4) is 0 Å². The lowest BCUT2D eigenvalue weighted by Crippen LogP contribution is -2.40. The molecule has 1 N–H and O–H groups in total. The molecule has 2 fully saturated rings. The molecular formula is C21H28FNO3. The third-order valence-corrected chi connectivity index (χ3v) is 5.80. The summed E-state index contributed by atoms with van der Waals surface area (Å²) in [5, 5.41) is 3.00. The maximum Gasteiger partial charge on any atom is 0.317 e. The molecule has 26 heavy (non-hydrogen) atoms. The van der Waals surface area contributed by atoms with Crippen molar-refractivity contribution in [1.82, 2.24) is 5.32 Å². The molecule has 0 heterocycles. The predicted octanol–water partition coefficient (Wildman–Crippen LogP) is 4.02. The average Bonchev–Trinajstić information content (AvgIpc) is 3.00. The van der Waals surface area contributed by atoms with Gasteiger partial charge in [-0.1, -0.05) is 50.7 Å². The van der Waals surface area contributed by atoms with E-state index in [9.17, 15) is 14.0 Å². The van der Waals surface area contributed by atoms with E-state index in [1.165, 1.54) is 25.0 Å². The first-order valence-corrected chi connectivity index (χ1v) is 9.83. The standard InChI is InChI=1S/C21H28FNO3/c22-17-11-9-16(10-12-17)21(13-5-6-14-21)20(25)26-15-19(24)23-18-7-3-1-2-4-8-18/h9-12,18H,1-8,13-15H2,(H,23,24). The molecular weight excluding hydrogens is 333 g/mol. The summed E-state index contributed by atoms with van der Waals surface area (Å²) in [7, 11) is 0. The summed E-state index contributed by atoms with van der Waals surface area (Å²) in [6.07, 6.45) is 9.95. The van der Waals surface area contributed by atoms with Crippen LogP contribution in [0.15, 0.2) is 24.3 Å². The normalized spacial score (nSPS) is 20.3. The fourth-order valence-corrected chi connectivity index (χ4v) is 4.32. The van der Waals surface area contributed by atoms with Gasteiger partial charge in [0.2, 0.25) is 0 Å². The van der Waals surface area contributed by atoms with Crippen LogP contribution in [0.1, 0.15) is 69.8 Å². The van der Waals surface area contributed by atoms with Crippen LogP contribution in [0.2, 0.25) is 0 Å². The molecule has 3 rings (SSSR count). The number of ether oxygens (including phenoxy) is 1. The quantitative estimate of drug-likeness (QED) is 0.637. The van der Waals surface area contributed by atoms with Gasteiger partial charge in [-0.3, -0.25) is 9.59 Å². The van der Waals surface area contributed by atoms with Crippen molar-refractivity contribution in [2.45, 2.75) is 75.7 Å². The zero-order valence-electron chi connectivity index (χ0n) is 15.3. The van der Waals surface area contributed by atoms with Crippen LogP contribution in [-0.2, 0) is 19.7 Å². The summed E-state index contributed by atoms with van der Waals surface area (Å²) in [4.78, 5) is 25.0. The summed E-state index contributed by atoms with van der Waals surface area (Å²) in [5.74, 6) is -0.909. The number of esters is 1. The van der Waals surface area contributed by atoms with E-state index in [4.69, 9.17) is 4.74 Å². The molecule has 2 aliphatic rings. The van der Waals surface area contributed by atoms with Crippen molar-refractivity contribution in [2.24, 2.45) is 0 Å². The highest BCUT2D eigenvalue weighted by atomic mass is 19.1. The lowest BCUT2D eigenvalue weighted by atomic mass is 9.79. The summed E-state index contributed by atoms with van der Waals surface area (Å²) in [5.41, 5.74) is 0.0432. The van der Waals surface area contributed by atoms with E-state index in [2.05, 4.69) is 5.32 Å². The Morgan fingerprint density at radius 1 is 1.00 bits per heavy atom. The molecule has 0 aliphatic heterocycles. The lowest BCUT2D eigenvalue weighted by Gasteiger charge is -2.27. The SMILES string of the molecule is O=C(COC(=O)C1(c2ccc(F)cc2)CCCC1)NC1CCCCCC1. The fourth-order valence-electron chi connectivity index (χ4n) is 4.32. The molecule has 0 bridgehead atoms. The topological polar surface area (TPSA) is 55.4 Å². The van der Waals surface area contributed by atoms with Crippen LogP contribution >= 0.6 is 0 Å². The summed E-state index contributed by atoms with van der Waals surface area (Å²) >= 11 is 0. The number of hydrogen-bond donors (Lipinski definition) is 1. The summed E-state index contributed by atoms with van der Waals surface area (Å²) < 4.78 is 18.6. The van der Waals surface area contributed by atoms with Crippen molar-refractivity contribution in [3.05, 3.63) is 35.6 Å². The average molecular weight is 361 g/mol. The Balaban J connectivity index is 1.58. The van der Waals surface area contributed by atoms with Crippen molar-refractivity contribution in [3.8, 4) is 0 Å². The van der Waals surface area contributed by atoms with E-state index >= 15 is 0 Å². The van der Waals surface area contributed by atoms with Crippen LogP contribution in [0.5, 0.6) is 0 Å². The molecule has 0 saturated heterocycles. The van der Waals surface area contributed by atoms with Crippen molar-refractivity contribution in [2.75, 3.05) is 6.61 Å². The van der Waals surface area contributed by atoms with Crippen molar-refractivity contribution in [1.29, 1.82) is 0 Å². The highest BCUT2D eigenvalue weighted by Crippen LogP contribution is 2.42. The molecule has 142 valence electrons. The molecule has 1 amide bonds. The highest BCUT2D eigenvalue weighted by Gasteiger charge is 2.44. The number of rotatable bonds is 5. The number of carbonyl (C=O) groups excluding carboxylic acids is 2. The van der Waals surface area contributed by atoms with Crippen LogP contribution in [0.25, 0.3) is 0 Å². The van der Waals surface area contributed by atoms with Gasteiger partial charge in [0, 0.05) is 6.04 Å². The third kappa shape index (κ3) is 4.43. The molecule has 0 aromatic heterocycles. The molecule has 1 aromatic carbocycles. The van der Waals surface area contributed by atoms with Gasteiger partial charge in [0.25, 0.3) is 5.91 Å². The van der Waals surface area contributed by atoms with Crippen molar-refractivity contribution in [3.63, 3.8) is 0 Å². The zero-order chi connectivity index (χ0) is 18.4. The Hall–Kier alpha value is -1.91. The molecule has 2 saturated carbocycles. The maximum atomic E-state index is 13.2. The molecule has 4 nitrogen and oxygen atoms in total. The zero-order valence-corrected chi connectivity index (χ0v) is 15.3. The second kappa shape index (κ2) is 8.65. The van der Waals surface area contributed by atoms with Gasteiger partial charge >= 0.3 is 5.97 Å². The molecule has 0 unspecified atom stereocenters. The van der Waals surface area contributed by atoms with Crippen LogP contribution in [0, 0.1) is 5.82 Å². The van der Waals surface area contributed by atoms with E-state index in [0.717, 1.165) is 44.1 Å². The number of benzene rings is 1. The first-order valence-electron chi connectivity index (χ1n) is 9.83. The van der Waals surface area contributed by atoms with E-state index in [-0.39, 0.29) is 30.3 Å². The van der Waals surface area contributed by atoms with Gasteiger partial charge in [0.05, 0.1) is 5.41 Å². The van der Waals surface area contributed by atoms with Gasteiger partial charge in [-0.05, 0) is 43.4 Å². The minimum absolute atomic E-state index is 0.196. The summed E-state index contributed by atoms with van der Waals surface area (Å²) in [6, 6.07) is 6.27. The summed E-state index contributed by atoms with van der Waals surface area (Å²) in [6.45, 7) is -0.238. The molecule has 2 aliphatic carbocycles. The van der Waals surface area contributed by atoms with Gasteiger partial charge < -0.3 is 10.1 Å². The largest absolute Gasteiger partial charge is 0.455 e. The van der Waals surface area contributed by atoms with Gasteiger partial charge in [-0.2, -0.15) is 0 Å².